The van der Waals surface area contributed by atoms with Crippen molar-refractivity contribution < 1.29 is 34.4 Å². The zero-order valence-corrected chi connectivity index (χ0v) is 6.42. The van der Waals surface area contributed by atoms with Gasteiger partial charge in [0, 0.05) is 42.8 Å². The van der Waals surface area contributed by atoms with Crippen LogP contribution in [0.1, 0.15) is 0 Å². The molecule has 0 heterocycles. The van der Waals surface area contributed by atoms with Gasteiger partial charge in [-0.1, -0.05) is 0 Å². The molecule has 0 aliphatic carbocycles. The Morgan fingerprint density at radius 2 is 1.00 bits per heavy atom. The van der Waals surface area contributed by atoms with E-state index < -0.39 is 0 Å². The van der Waals surface area contributed by atoms with E-state index >= 15 is 0 Å². The van der Waals surface area contributed by atoms with Crippen LogP contribution in [0.15, 0.2) is 0 Å². The molecule has 0 aromatic heterocycles. The average Bonchev–Trinajstić information content (AvgIpc) is 0. The van der Waals surface area contributed by atoms with Gasteiger partial charge in [0.1, 0.15) is 0 Å². The zero-order chi connectivity index (χ0) is 0. The molecule has 0 rings (SSSR count). The first kappa shape index (κ1) is 57.7. The number of hydrogen-bond acceptors (Lipinski definition) is 0. The molecule has 0 aliphatic heterocycles. The Hall–Kier alpha value is 2.18. The Morgan fingerprint density at radius 3 is 1.00 bits per heavy atom. The van der Waals surface area contributed by atoms with Crippen LogP contribution in [-0.2, 0) is 34.4 Å². The third-order valence-electron chi connectivity index (χ3n) is 0. The molecule has 0 N–H and O–H groups in total. The predicted molar refractivity (Wildman–Crippen MR) is 25.6 cm³/mol. The van der Waals surface area contributed by atoms with Gasteiger partial charge < -0.3 is 0 Å². The summed E-state index contributed by atoms with van der Waals surface area (Å²) in [5.74, 6) is 0. The molecule has 0 amide bonds. The zero-order valence-electron chi connectivity index (χ0n) is 1.86. The molecule has 0 unspecified atom stereocenters. The molecule has 0 bridgehead atoms. The van der Waals surface area contributed by atoms with E-state index in [1.165, 1.54) is 0 Å². The molecule has 5 heteroatoms. The first-order chi connectivity index (χ1) is 0. The molecule has 0 aliphatic rings. The van der Waals surface area contributed by atoms with Gasteiger partial charge in [0.15, 0.2) is 0 Å². The monoisotopic (exact) mass is 278 g/mol. The summed E-state index contributed by atoms with van der Waals surface area (Å²) in [6, 6.07) is 0. The Morgan fingerprint density at radius 1 is 1.00 bits per heavy atom. The molecule has 4 radical (unpaired) electrons. The Bertz CT molecular complexity index is 11.6. The van der Waals surface area contributed by atoms with E-state index in [2.05, 4.69) is 0 Å². The molecule has 5 heavy (non-hydrogen) atoms. The summed E-state index contributed by atoms with van der Waals surface area (Å²) in [6.45, 7) is 0. The van der Waals surface area contributed by atoms with Crippen molar-refractivity contribution in [3.8, 4) is 0 Å². The fraction of sp³-hybridized carbons (Fsp3) is 0. The number of rotatable bonds is 0. The molecule has 0 fully saturated rings. The number of hydrogen-bond donors (Lipinski definition) is 0. The van der Waals surface area contributed by atoms with E-state index in [9.17, 15) is 0 Å². The van der Waals surface area contributed by atoms with Crippen molar-refractivity contribution in [3.05, 3.63) is 0 Å². The van der Waals surface area contributed by atoms with Crippen LogP contribution in [-0.4, -0.2) is 43.1 Å². The summed E-state index contributed by atoms with van der Waals surface area (Å²) in [4.78, 5) is 0. The second kappa shape index (κ2) is 34.9. The van der Waals surface area contributed by atoms with Gasteiger partial charge in [0.05, 0.1) is 0 Å². The maximum absolute atomic E-state index is 0. The van der Waals surface area contributed by atoms with Crippen molar-refractivity contribution in [1.29, 1.82) is 0 Å². The van der Waals surface area contributed by atoms with Crippen molar-refractivity contribution in [3.63, 3.8) is 0 Å². The van der Waals surface area contributed by atoms with Gasteiger partial charge >= 0.3 is 34.7 Å². The Balaban J connectivity index is 0. The van der Waals surface area contributed by atoms with Crippen molar-refractivity contribution in [1.82, 2.24) is 0 Å². The quantitative estimate of drug-likeness (QED) is 0.421. The van der Waals surface area contributed by atoms with Crippen LogP contribution in [0.4, 0.5) is 0 Å². The molecule has 0 saturated carbocycles. The van der Waals surface area contributed by atoms with Crippen LogP contribution in [0.5, 0.6) is 0 Å². The normalized spacial score (nSPS) is 0. The fourth-order valence-electron chi connectivity index (χ4n) is 0. The summed E-state index contributed by atoms with van der Waals surface area (Å²) in [7, 11) is 0. The van der Waals surface area contributed by atoms with E-state index in [4.69, 9.17) is 0 Å². The van der Waals surface area contributed by atoms with Gasteiger partial charge in [-0.15, -0.1) is 0 Å². The predicted octanol–water partition coefficient (Wildman–Crippen LogP) is -2.75. The van der Waals surface area contributed by atoms with Crippen molar-refractivity contribution in [2.75, 3.05) is 0 Å². The average molecular weight is 275 g/mol. The van der Waals surface area contributed by atoms with E-state index in [0.717, 1.165) is 0 Å². The molecule has 0 saturated heterocycles. The minimum absolute atomic E-state index is 0. The van der Waals surface area contributed by atoms with Gasteiger partial charge in [-0.05, 0) is 0 Å². The van der Waals surface area contributed by atoms with Crippen LogP contribution in [0.25, 0.3) is 0 Å². The van der Waals surface area contributed by atoms with Crippen LogP contribution in [0.3, 0.4) is 0 Å². The topological polar surface area (TPSA) is 0 Å². The molecule has 0 nitrogen and oxygen atoms in total. The summed E-state index contributed by atoms with van der Waals surface area (Å²) < 4.78 is 0. The van der Waals surface area contributed by atoms with Crippen LogP contribution < -0.4 is 0 Å². The summed E-state index contributed by atoms with van der Waals surface area (Å²) in [5.41, 5.74) is 0. The first-order valence-electron chi connectivity index (χ1n) is 0. The molecule has 0 aromatic rings. The van der Waals surface area contributed by atoms with Crippen molar-refractivity contribution >= 4 is 43.1 Å². The summed E-state index contributed by atoms with van der Waals surface area (Å²) in [6.07, 6.45) is 0. The van der Waals surface area contributed by atoms with Gasteiger partial charge in [-0.2, -0.15) is 0 Å². The van der Waals surface area contributed by atoms with Crippen LogP contribution in [0.2, 0.25) is 0 Å². The van der Waals surface area contributed by atoms with Gasteiger partial charge in [0.2, 0.25) is 0 Å². The van der Waals surface area contributed by atoms with Gasteiger partial charge in [0.25, 0.3) is 0 Å². The van der Waals surface area contributed by atoms with E-state index in [-0.39, 0.29) is 77.5 Å². The third-order valence-corrected chi connectivity index (χ3v) is 0. The van der Waals surface area contributed by atoms with Crippen LogP contribution >= 0.6 is 0 Å². The third kappa shape index (κ3) is 22.7. The second-order valence-electron chi connectivity index (χ2n) is 0. The molecule has 0 atom stereocenters. The van der Waals surface area contributed by atoms with Crippen LogP contribution in [0, 0.1) is 0 Å². The molecule has 32 valence electrons. The second-order valence-corrected chi connectivity index (χ2v) is 0. The van der Waals surface area contributed by atoms with E-state index in [0.29, 0.717) is 0 Å². The summed E-state index contributed by atoms with van der Waals surface area (Å²) in [5, 5.41) is 0. The summed E-state index contributed by atoms with van der Waals surface area (Å²) >= 11 is 0. The molecule has 0 aromatic carbocycles. The standard InChI is InChI=1S/B.Cr.GeH4.Mn.H2Se/h;;1H4;;1H2. The van der Waals surface area contributed by atoms with E-state index in [1.54, 1.807) is 0 Å². The van der Waals surface area contributed by atoms with E-state index in [1.807, 2.05) is 0 Å². The minimum atomic E-state index is 0. The van der Waals surface area contributed by atoms with Gasteiger partial charge in [-0.3, -0.25) is 0 Å². The molecule has 0 spiro atoms. The molecular weight excluding hydrogens is 269 g/mol. The Kier molecular flexibility index (Phi) is 403. The SMILES string of the molecule is [B].[Cr].[GeH4].[Mn].[SeH2]. The fourth-order valence-corrected chi connectivity index (χ4v) is 0. The Labute approximate surface area is 76.9 Å². The maximum atomic E-state index is 0. The van der Waals surface area contributed by atoms with Crippen molar-refractivity contribution in [2.24, 2.45) is 0 Å². The molecular formula is H6BCrGeMnSe. The van der Waals surface area contributed by atoms with Gasteiger partial charge in [-0.25, -0.2) is 0 Å². The van der Waals surface area contributed by atoms with Crippen molar-refractivity contribution in [2.45, 2.75) is 0 Å². The first-order valence-corrected chi connectivity index (χ1v) is 0.